The van der Waals surface area contributed by atoms with Gasteiger partial charge in [-0.15, -0.1) is 0 Å². The van der Waals surface area contributed by atoms with Crippen molar-refractivity contribution < 1.29 is 10.2 Å². The van der Waals surface area contributed by atoms with E-state index in [0.717, 1.165) is 10.1 Å². The first-order chi connectivity index (χ1) is 7.18. The Bertz CT molecular complexity index is 313. The third-order valence-electron chi connectivity index (χ3n) is 3.46. The molecule has 0 aliphatic carbocycles. The van der Waals surface area contributed by atoms with Crippen molar-refractivity contribution in [1.29, 1.82) is 0 Å². The normalized spacial score (nSPS) is 26.7. The predicted octanol–water partition coefficient (Wildman–Crippen LogP) is 1.57. The molecule has 0 aromatic heterocycles. The van der Waals surface area contributed by atoms with E-state index < -0.39 is 21.4 Å². The summed E-state index contributed by atoms with van der Waals surface area (Å²) in [6.45, 7) is 2.29. The molecule has 1 saturated heterocycles. The summed E-state index contributed by atoms with van der Waals surface area (Å²) in [6, 6.07) is 7.53. The van der Waals surface area contributed by atoms with E-state index in [1.807, 2.05) is 12.1 Å². The molecule has 2 atom stereocenters. The Hall–Kier alpha value is -0.150. The Morgan fingerprint density at radius 3 is 2.47 bits per heavy atom. The number of aromatic hydroxyl groups is 1. The number of hydrogen-bond donors (Lipinski definition) is 2. The summed E-state index contributed by atoms with van der Waals surface area (Å²) in [5, 5.41) is 19.3. The van der Waals surface area contributed by atoms with Crippen LogP contribution in [0, 0.1) is 0 Å². The van der Waals surface area contributed by atoms with Crippen LogP contribution in [-0.2, 0) is 0 Å². The Morgan fingerprint density at radius 2 is 1.87 bits per heavy atom. The predicted molar refractivity (Wildman–Crippen MR) is 62.8 cm³/mol. The molecule has 0 bridgehead atoms. The molecular formula is C12H17InO2. The molecule has 0 saturated carbocycles. The number of aliphatic hydroxyl groups excluding tert-OH is 1. The first-order valence-corrected chi connectivity index (χ1v) is 11.1. The van der Waals surface area contributed by atoms with E-state index in [1.165, 1.54) is 16.2 Å². The van der Waals surface area contributed by atoms with Gasteiger partial charge in [-0.3, -0.25) is 0 Å². The number of aliphatic hydroxyl groups is 1. The second-order valence-corrected chi connectivity index (χ2v) is 14.9. The van der Waals surface area contributed by atoms with Gasteiger partial charge in [0.05, 0.1) is 0 Å². The Morgan fingerprint density at radius 1 is 1.20 bits per heavy atom. The van der Waals surface area contributed by atoms with Crippen molar-refractivity contribution in [3.8, 4) is 5.75 Å². The fourth-order valence-electron chi connectivity index (χ4n) is 2.63. The second-order valence-electron chi connectivity index (χ2n) is 4.59. The molecule has 1 heterocycles. The average Bonchev–Trinajstić information content (AvgIpc) is 2.20. The van der Waals surface area contributed by atoms with Crippen LogP contribution >= 0.6 is 0 Å². The quantitative estimate of drug-likeness (QED) is 0.827. The van der Waals surface area contributed by atoms with E-state index in [9.17, 15) is 10.2 Å². The number of benzene rings is 1. The van der Waals surface area contributed by atoms with Gasteiger partial charge < -0.3 is 0 Å². The topological polar surface area (TPSA) is 40.5 Å². The molecule has 0 radical (unpaired) electrons. The van der Waals surface area contributed by atoms with Gasteiger partial charge in [0, 0.05) is 0 Å². The van der Waals surface area contributed by atoms with Crippen LogP contribution in [0.1, 0.15) is 26.2 Å². The molecule has 2 N–H and O–H groups in total. The molecule has 2 nitrogen and oxygen atoms in total. The minimum absolute atomic E-state index is 0.0138. The van der Waals surface area contributed by atoms with Gasteiger partial charge in [-0.2, -0.15) is 0 Å². The summed E-state index contributed by atoms with van der Waals surface area (Å²) >= 11 is -2.01. The van der Waals surface area contributed by atoms with E-state index in [2.05, 4.69) is 6.92 Å². The molecule has 1 fully saturated rings. The van der Waals surface area contributed by atoms with Gasteiger partial charge in [0.2, 0.25) is 0 Å². The molecule has 0 amide bonds. The number of rotatable bonds is 1. The average molecular weight is 308 g/mol. The first kappa shape index (κ1) is 11.3. The zero-order chi connectivity index (χ0) is 10.8. The van der Waals surface area contributed by atoms with E-state index >= 15 is 0 Å². The summed E-state index contributed by atoms with van der Waals surface area (Å²) in [5.41, 5.74) is 0. The zero-order valence-corrected chi connectivity index (χ0v) is 12.4. The van der Waals surface area contributed by atoms with Crippen LogP contribution in [0.15, 0.2) is 24.3 Å². The summed E-state index contributed by atoms with van der Waals surface area (Å²) in [4.78, 5) is 0. The van der Waals surface area contributed by atoms with Crippen molar-refractivity contribution in [2.45, 2.75) is 33.7 Å². The summed E-state index contributed by atoms with van der Waals surface area (Å²) < 4.78 is 2.08. The molecule has 1 aliphatic heterocycles. The molecule has 1 aromatic carbocycles. The SMILES string of the molecule is C[CH]1CCC[CH](O)[In]1[c]1ccc(O)cc1. The van der Waals surface area contributed by atoms with E-state index in [0.29, 0.717) is 5.75 Å². The van der Waals surface area contributed by atoms with Gasteiger partial charge in [-0.05, 0) is 0 Å². The van der Waals surface area contributed by atoms with Crippen molar-refractivity contribution in [2.75, 3.05) is 0 Å². The van der Waals surface area contributed by atoms with Gasteiger partial charge in [-0.1, -0.05) is 0 Å². The second kappa shape index (κ2) is 4.79. The fraction of sp³-hybridized carbons (Fsp3) is 0.500. The van der Waals surface area contributed by atoms with Gasteiger partial charge in [0.1, 0.15) is 0 Å². The number of hydrogen-bond acceptors (Lipinski definition) is 2. The first-order valence-electron chi connectivity index (χ1n) is 5.65. The molecular weight excluding hydrogens is 291 g/mol. The van der Waals surface area contributed by atoms with E-state index in [-0.39, 0.29) is 3.86 Å². The van der Waals surface area contributed by atoms with E-state index in [4.69, 9.17) is 0 Å². The summed E-state index contributed by atoms with van der Waals surface area (Å²) in [7, 11) is 0. The molecule has 3 heteroatoms. The van der Waals surface area contributed by atoms with Crippen molar-refractivity contribution >= 4 is 24.8 Å². The minimum atomic E-state index is -2.01. The Kier molecular flexibility index (Phi) is 3.62. The Balaban J connectivity index is 2.23. The van der Waals surface area contributed by atoms with Crippen LogP contribution in [-0.4, -0.2) is 35.5 Å². The van der Waals surface area contributed by atoms with Crippen LogP contribution in [0.25, 0.3) is 0 Å². The third-order valence-corrected chi connectivity index (χ3v) is 14.5. The maximum atomic E-state index is 10.1. The maximum absolute atomic E-state index is 10.1. The monoisotopic (exact) mass is 308 g/mol. The van der Waals surface area contributed by atoms with Gasteiger partial charge in [0.15, 0.2) is 0 Å². The van der Waals surface area contributed by atoms with Crippen LogP contribution < -0.4 is 3.32 Å². The van der Waals surface area contributed by atoms with E-state index in [1.54, 1.807) is 12.1 Å². The van der Waals surface area contributed by atoms with Crippen molar-refractivity contribution in [3.05, 3.63) is 24.3 Å². The molecule has 1 aliphatic rings. The summed E-state index contributed by atoms with van der Waals surface area (Å²) in [6.07, 6.45) is 3.44. The molecule has 80 valence electrons. The van der Waals surface area contributed by atoms with Gasteiger partial charge in [-0.25, -0.2) is 0 Å². The fourth-order valence-corrected chi connectivity index (χ4v) is 13.2. The van der Waals surface area contributed by atoms with Crippen molar-refractivity contribution in [2.24, 2.45) is 0 Å². The number of phenols is 1. The molecule has 15 heavy (non-hydrogen) atoms. The van der Waals surface area contributed by atoms with Crippen LogP contribution in [0.5, 0.6) is 5.75 Å². The van der Waals surface area contributed by atoms with Crippen molar-refractivity contribution in [1.82, 2.24) is 0 Å². The molecule has 2 rings (SSSR count). The van der Waals surface area contributed by atoms with Gasteiger partial charge >= 0.3 is 98.7 Å². The van der Waals surface area contributed by atoms with Gasteiger partial charge in [0.25, 0.3) is 0 Å². The van der Waals surface area contributed by atoms with Crippen molar-refractivity contribution in [3.63, 3.8) is 0 Å². The molecule has 1 aromatic rings. The van der Waals surface area contributed by atoms with Crippen LogP contribution in [0.3, 0.4) is 0 Å². The molecule has 0 spiro atoms. The zero-order valence-electron chi connectivity index (χ0n) is 9.06. The summed E-state index contributed by atoms with van der Waals surface area (Å²) in [5.74, 6) is 0.322. The standard InChI is InChI=1S/C6H5O.C6H12O.In/c7-6-4-2-1-3-5-6;1-2-3-4-5-6-7;/h2-5,7H;2,6-7H,3-5H2,1H3;. The molecule has 2 unspecified atom stereocenters. The number of phenolic OH excluding ortho intramolecular Hbond substituents is 1. The third kappa shape index (κ3) is 2.51. The van der Waals surface area contributed by atoms with Crippen LogP contribution in [0.2, 0.25) is 3.67 Å². The van der Waals surface area contributed by atoms with Crippen LogP contribution in [0.4, 0.5) is 0 Å². The Labute approximate surface area is 98.5 Å².